The lowest BCUT2D eigenvalue weighted by molar-refractivity contribution is 0.193. The lowest BCUT2D eigenvalue weighted by Crippen LogP contribution is -2.37. The van der Waals surface area contributed by atoms with Gasteiger partial charge in [-0.05, 0) is 24.5 Å². The summed E-state index contributed by atoms with van der Waals surface area (Å²) >= 11 is 0. The highest BCUT2D eigenvalue weighted by molar-refractivity contribution is 5.83. The van der Waals surface area contributed by atoms with Gasteiger partial charge in [0.25, 0.3) is 0 Å². The number of amides is 2. The maximum atomic E-state index is 11.5. The minimum atomic E-state index is -0.124. The van der Waals surface area contributed by atoms with Crippen molar-refractivity contribution in [2.75, 3.05) is 26.8 Å². The van der Waals surface area contributed by atoms with Gasteiger partial charge in [0.1, 0.15) is 0 Å². The summed E-state index contributed by atoms with van der Waals surface area (Å²) in [6.45, 7) is 1.92. The first kappa shape index (κ1) is 14.4. The molecule has 20 heavy (non-hydrogen) atoms. The number of methoxy groups -OCH3 is 1. The SMILES string of the molecule is COCCCNC(=O)NCCc1c[nH]c2ccccc12. The molecule has 0 saturated carbocycles. The van der Waals surface area contributed by atoms with Crippen LogP contribution in [0.3, 0.4) is 0 Å². The van der Waals surface area contributed by atoms with Crippen molar-refractivity contribution in [2.45, 2.75) is 12.8 Å². The molecule has 0 bridgehead atoms. The topological polar surface area (TPSA) is 66.2 Å². The molecule has 1 aromatic carbocycles. The van der Waals surface area contributed by atoms with E-state index in [0.29, 0.717) is 19.7 Å². The maximum absolute atomic E-state index is 11.5. The summed E-state index contributed by atoms with van der Waals surface area (Å²) in [6.07, 6.45) is 3.64. The van der Waals surface area contributed by atoms with Crippen LogP contribution in [0.2, 0.25) is 0 Å². The van der Waals surface area contributed by atoms with Crippen LogP contribution in [0, 0.1) is 0 Å². The number of para-hydroxylation sites is 1. The van der Waals surface area contributed by atoms with E-state index in [0.717, 1.165) is 18.4 Å². The molecule has 5 heteroatoms. The molecule has 0 spiro atoms. The van der Waals surface area contributed by atoms with E-state index >= 15 is 0 Å². The number of hydrogen-bond donors (Lipinski definition) is 3. The lowest BCUT2D eigenvalue weighted by Gasteiger charge is -2.07. The summed E-state index contributed by atoms with van der Waals surface area (Å²) in [7, 11) is 1.65. The van der Waals surface area contributed by atoms with Gasteiger partial charge < -0.3 is 20.4 Å². The second-order valence-corrected chi connectivity index (χ2v) is 4.64. The third-order valence-electron chi connectivity index (χ3n) is 3.17. The summed E-state index contributed by atoms with van der Waals surface area (Å²) < 4.78 is 4.92. The monoisotopic (exact) mass is 275 g/mol. The van der Waals surface area contributed by atoms with Crippen molar-refractivity contribution < 1.29 is 9.53 Å². The van der Waals surface area contributed by atoms with Crippen molar-refractivity contribution in [1.82, 2.24) is 15.6 Å². The Kier molecular flexibility index (Phi) is 5.43. The summed E-state index contributed by atoms with van der Waals surface area (Å²) in [5, 5.41) is 6.87. The van der Waals surface area contributed by atoms with E-state index < -0.39 is 0 Å². The molecule has 0 atom stereocenters. The highest BCUT2D eigenvalue weighted by Gasteiger charge is 2.03. The minimum Gasteiger partial charge on any atom is -0.385 e. The van der Waals surface area contributed by atoms with Crippen molar-refractivity contribution in [1.29, 1.82) is 0 Å². The van der Waals surface area contributed by atoms with Gasteiger partial charge in [0.2, 0.25) is 0 Å². The van der Waals surface area contributed by atoms with E-state index in [1.54, 1.807) is 7.11 Å². The van der Waals surface area contributed by atoms with E-state index in [2.05, 4.69) is 27.8 Å². The number of ether oxygens (including phenoxy) is 1. The van der Waals surface area contributed by atoms with Crippen LogP contribution in [0.15, 0.2) is 30.5 Å². The second-order valence-electron chi connectivity index (χ2n) is 4.64. The number of urea groups is 1. The number of hydrogen-bond acceptors (Lipinski definition) is 2. The van der Waals surface area contributed by atoms with E-state index in [1.165, 1.54) is 10.9 Å². The van der Waals surface area contributed by atoms with Crippen molar-refractivity contribution >= 4 is 16.9 Å². The number of fused-ring (bicyclic) bond motifs is 1. The van der Waals surface area contributed by atoms with Gasteiger partial charge in [-0.25, -0.2) is 4.79 Å². The number of H-pyrrole nitrogens is 1. The summed E-state index contributed by atoms with van der Waals surface area (Å²) in [6, 6.07) is 8.05. The van der Waals surface area contributed by atoms with Gasteiger partial charge in [-0.2, -0.15) is 0 Å². The van der Waals surface area contributed by atoms with Crippen LogP contribution < -0.4 is 10.6 Å². The molecule has 5 nitrogen and oxygen atoms in total. The molecule has 1 heterocycles. The Bertz CT molecular complexity index is 551. The van der Waals surface area contributed by atoms with E-state index in [4.69, 9.17) is 4.74 Å². The Morgan fingerprint density at radius 2 is 2.05 bits per heavy atom. The van der Waals surface area contributed by atoms with Gasteiger partial charge in [0.05, 0.1) is 0 Å². The fourth-order valence-electron chi connectivity index (χ4n) is 2.13. The molecule has 2 amide bonds. The molecule has 0 radical (unpaired) electrons. The summed E-state index contributed by atoms with van der Waals surface area (Å²) in [4.78, 5) is 14.8. The van der Waals surface area contributed by atoms with Crippen LogP contribution in [-0.2, 0) is 11.2 Å². The van der Waals surface area contributed by atoms with Gasteiger partial charge in [0, 0.05) is 43.9 Å². The highest BCUT2D eigenvalue weighted by Crippen LogP contribution is 2.17. The number of nitrogens with one attached hydrogen (secondary N) is 3. The smallest absolute Gasteiger partial charge is 0.314 e. The van der Waals surface area contributed by atoms with Gasteiger partial charge in [-0.15, -0.1) is 0 Å². The molecule has 2 rings (SSSR count). The largest absolute Gasteiger partial charge is 0.385 e. The number of aromatic amines is 1. The van der Waals surface area contributed by atoms with Gasteiger partial charge in [-0.3, -0.25) is 0 Å². The lowest BCUT2D eigenvalue weighted by atomic mass is 10.1. The number of benzene rings is 1. The summed E-state index contributed by atoms with van der Waals surface area (Å²) in [5.41, 5.74) is 2.35. The first-order valence-electron chi connectivity index (χ1n) is 6.87. The first-order chi connectivity index (χ1) is 9.81. The Hall–Kier alpha value is -2.01. The molecule has 1 aromatic heterocycles. The van der Waals surface area contributed by atoms with Gasteiger partial charge in [0.15, 0.2) is 0 Å². The molecule has 0 unspecified atom stereocenters. The van der Waals surface area contributed by atoms with Crippen LogP contribution >= 0.6 is 0 Å². The van der Waals surface area contributed by atoms with E-state index in [9.17, 15) is 4.79 Å². The van der Waals surface area contributed by atoms with Crippen LogP contribution in [0.25, 0.3) is 10.9 Å². The third-order valence-corrected chi connectivity index (χ3v) is 3.17. The molecule has 108 valence electrons. The maximum Gasteiger partial charge on any atom is 0.314 e. The fraction of sp³-hybridized carbons (Fsp3) is 0.400. The number of rotatable bonds is 7. The number of carbonyl (C=O) groups excluding carboxylic acids is 1. The van der Waals surface area contributed by atoms with Gasteiger partial charge >= 0.3 is 6.03 Å². The Morgan fingerprint density at radius 3 is 2.90 bits per heavy atom. The zero-order valence-electron chi connectivity index (χ0n) is 11.7. The van der Waals surface area contributed by atoms with Crippen LogP contribution in [0.4, 0.5) is 4.79 Å². The average molecular weight is 275 g/mol. The van der Waals surface area contributed by atoms with Gasteiger partial charge in [-0.1, -0.05) is 18.2 Å². The predicted octanol–water partition coefficient (Wildman–Crippen LogP) is 2.05. The molecule has 2 aromatic rings. The third kappa shape index (κ3) is 3.99. The van der Waals surface area contributed by atoms with E-state index in [1.807, 2.05) is 18.3 Å². The number of aromatic nitrogens is 1. The second kappa shape index (κ2) is 7.55. The fourth-order valence-corrected chi connectivity index (χ4v) is 2.13. The Balaban J connectivity index is 1.71. The van der Waals surface area contributed by atoms with Crippen molar-refractivity contribution in [3.8, 4) is 0 Å². The van der Waals surface area contributed by atoms with Crippen LogP contribution in [-0.4, -0.2) is 37.8 Å². The molecule has 0 fully saturated rings. The van der Waals surface area contributed by atoms with E-state index in [-0.39, 0.29) is 6.03 Å². The van der Waals surface area contributed by atoms with Crippen LogP contribution in [0.5, 0.6) is 0 Å². The Labute approximate surface area is 118 Å². The normalized spacial score (nSPS) is 10.7. The average Bonchev–Trinajstić information content (AvgIpc) is 2.87. The quantitative estimate of drug-likeness (QED) is 0.677. The molecule has 3 N–H and O–H groups in total. The zero-order chi connectivity index (χ0) is 14.2. The highest BCUT2D eigenvalue weighted by atomic mass is 16.5. The summed E-state index contributed by atoms with van der Waals surface area (Å²) in [5.74, 6) is 0. The van der Waals surface area contributed by atoms with Crippen molar-refractivity contribution in [3.63, 3.8) is 0 Å². The van der Waals surface area contributed by atoms with Crippen molar-refractivity contribution in [2.24, 2.45) is 0 Å². The molecule has 0 aliphatic rings. The molecular formula is C15H21N3O2. The molecule has 0 aliphatic carbocycles. The first-order valence-corrected chi connectivity index (χ1v) is 6.87. The molecule has 0 saturated heterocycles. The standard InChI is InChI=1S/C15H21N3O2/c1-20-10-4-8-16-15(19)17-9-7-12-11-18-14-6-3-2-5-13(12)14/h2-3,5-6,11,18H,4,7-10H2,1H3,(H2,16,17,19). The molecular weight excluding hydrogens is 254 g/mol. The zero-order valence-corrected chi connectivity index (χ0v) is 11.7. The molecule has 0 aliphatic heterocycles. The predicted molar refractivity (Wildman–Crippen MR) is 79.9 cm³/mol. The van der Waals surface area contributed by atoms with Crippen LogP contribution in [0.1, 0.15) is 12.0 Å². The number of carbonyl (C=O) groups is 1. The Morgan fingerprint density at radius 1 is 1.25 bits per heavy atom. The minimum absolute atomic E-state index is 0.124. The van der Waals surface area contributed by atoms with Crippen molar-refractivity contribution in [3.05, 3.63) is 36.0 Å².